The van der Waals surface area contributed by atoms with Crippen LogP contribution in [0.5, 0.6) is 0 Å². The normalized spacial score (nSPS) is 11.1. The Morgan fingerprint density at radius 3 is 2.42 bits per heavy atom. The number of hydrogen-bond donors (Lipinski definition) is 0. The fourth-order valence-electron chi connectivity index (χ4n) is 1.82. The van der Waals surface area contributed by atoms with Crippen LogP contribution in [-0.2, 0) is 6.54 Å². The molecule has 0 bridgehead atoms. The Hall–Kier alpha value is -1.36. The van der Waals surface area contributed by atoms with E-state index in [1.807, 2.05) is 30.3 Å². The van der Waals surface area contributed by atoms with Gasteiger partial charge in [0.05, 0.1) is 6.54 Å². The topological polar surface area (TPSA) is 43.6 Å². The first-order chi connectivity index (χ1) is 9.15. The maximum absolute atomic E-state index is 6.12. The minimum absolute atomic E-state index is 0.0726. The van der Waals surface area contributed by atoms with Crippen LogP contribution in [-0.4, -0.2) is 19.5 Å². The van der Waals surface area contributed by atoms with E-state index in [1.165, 1.54) is 0 Å². The number of fused-ring (bicyclic) bond motifs is 1. The summed E-state index contributed by atoms with van der Waals surface area (Å²) in [6.45, 7) is 0.542. The van der Waals surface area contributed by atoms with Crippen LogP contribution in [0.25, 0.3) is 11.2 Å². The lowest BCUT2D eigenvalue weighted by Crippen LogP contribution is -2.01. The zero-order chi connectivity index (χ0) is 13.4. The molecule has 0 fully saturated rings. The van der Waals surface area contributed by atoms with Crippen molar-refractivity contribution < 1.29 is 0 Å². The molecule has 2 heterocycles. The van der Waals surface area contributed by atoms with Gasteiger partial charge in [-0.05, 0) is 28.8 Å². The van der Waals surface area contributed by atoms with Crippen LogP contribution in [0.3, 0.4) is 0 Å². The Morgan fingerprint density at radius 2 is 1.68 bits per heavy atom. The minimum atomic E-state index is 0.0726. The predicted molar refractivity (Wildman–Crippen MR) is 75.9 cm³/mol. The van der Waals surface area contributed by atoms with Crippen molar-refractivity contribution in [3.8, 4) is 0 Å². The monoisotopic (exact) mass is 312 g/mol. The van der Waals surface area contributed by atoms with Crippen molar-refractivity contribution in [1.82, 2.24) is 19.5 Å². The van der Waals surface area contributed by atoms with Gasteiger partial charge in [-0.1, -0.05) is 41.9 Å². The largest absolute Gasteiger partial charge is 0.295 e. The molecule has 0 atom stereocenters. The second-order valence-electron chi connectivity index (χ2n) is 3.91. The van der Waals surface area contributed by atoms with Gasteiger partial charge in [-0.3, -0.25) is 4.57 Å². The molecule has 4 nitrogen and oxygen atoms in total. The fourth-order valence-corrected chi connectivity index (χ4v) is 2.46. The van der Waals surface area contributed by atoms with Gasteiger partial charge in [0.2, 0.25) is 10.6 Å². The van der Waals surface area contributed by atoms with Crippen molar-refractivity contribution in [2.45, 2.75) is 6.54 Å². The Bertz CT molecular complexity index is 740. The molecular formula is C12H7Cl3N4. The molecule has 0 aliphatic rings. The van der Waals surface area contributed by atoms with Crippen LogP contribution in [0, 0.1) is 0 Å². The van der Waals surface area contributed by atoms with Gasteiger partial charge in [-0.15, -0.1) is 0 Å². The third-order valence-electron chi connectivity index (χ3n) is 2.66. The highest BCUT2D eigenvalue weighted by atomic mass is 35.5. The minimum Gasteiger partial charge on any atom is -0.295 e. The van der Waals surface area contributed by atoms with Crippen molar-refractivity contribution in [1.29, 1.82) is 0 Å². The number of halogens is 3. The second-order valence-corrected chi connectivity index (χ2v) is 4.94. The third-order valence-corrected chi connectivity index (χ3v) is 3.38. The number of aromatic nitrogens is 4. The highest BCUT2D eigenvalue weighted by molar-refractivity contribution is 6.36. The summed E-state index contributed by atoms with van der Waals surface area (Å²) in [7, 11) is 0. The van der Waals surface area contributed by atoms with Crippen LogP contribution < -0.4 is 0 Å². The molecule has 0 aliphatic carbocycles. The molecule has 7 heteroatoms. The van der Waals surface area contributed by atoms with E-state index in [0.29, 0.717) is 23.0 Å². The molecular weight excluding hydrogens is 307 g/mol. The van der Waals surface area contributed by atoms with E-state index in [-0.39, 0.29) is 10.4 Å². The summed E-state index contributed by atoms with van der Waals surface area (Å²) in [4.78, 5) is 12.2. The zero-order valence-electron chi connectivity index (χ0n) is 9.52. The van der Waals surface area contributed by atoms with E-state index in [9.17, 15) is 0 Å². The summed E-state index contributed by atoms with van der Waals surface area (Å²) in [6, 6.07) is 9.85. The second kappa shape index (κ2) is 4.96. The van der Waals surface area contributed by atoms with Crippen molar-refractivity contribution >= 4 is 46.0 Å². The smallest absolute Gasteiger partial charge is 0.225 e. The highest BCUT2D eigenvalue weighted by Crippen LogP contribution is 2.25. The van der Waals surface area contributed by atoms with Gasteiger partial charge in [0.1, 0.15) is 5.52 Å². The molecule has 0 amide bonds. The number of benzene rings is 1. The van der Waals surface area contributed by atoms with E-state index in [2.05, 4.69) is 15.0 Å². The summed E-state index contributed by atoms with van der Waals surface area (Å²) in [5.41, 5.74) is 2.06. The maximum Gasteiger partial charge on any atom is 0.225 e. The molecule has 3 rings (SSSR count). The van der Waals surface area contributed by atoms with E-state index < -0.39 is 0 Å². The zero-order valence-corrected chi connectivity index (χ0v) is 11.8. The van der Waals surface area contributed by atoms with Crippen molar-refractivity contribution in [3.05, 3.63) is 51.6 Å². The SMILES string of the molecule is Clc1nc(Cl)c2nc(Cl)n(Cc3ccccc3)c2n1. The van der Waals surface area contributed by atoms with Crippen LogP contribution in [0.15, 0.2) is 30.3 Å². The van der Waals surface area contributed by atoms with Crippen molar-refractivity contribution in [2.75, 3.05) is 0 Å². The quantitative estimate of drug-likeness (QED) is 0.410. The Balaban J connectivity index is 2.15. The summed E-state index contributed by atoms with van der Waals surface area (Å²) in [5.74, 6) is 0. The lowest BCUT2D eigenvalue weighted by Gasteiger charge is -2.05. The molecule has 0 aliphatic heterocycles. The summed E-state index contributed by atoms with van der Waals surface area (Å²) in [5, 5.41) is 0.574. The Morgan fingerprint density at radius 1 is 0.947 bits per heavy atom. The average molecular weight is 314 g/mol. The lowest BCUT2D eigenvalue weighted by atomic mass is 10.2. The number of hydrogen-bond acceptors (Lipinski definition) is 3. The van der Waals surface area contributed by atoms with E-state index in [1.54, 1.807) is 4.57 Å². The number of nitrogens with zero attached hydrogens (tertiary/aromatic N) is 4. The first-order valence-corrected chi connectivity index (χ1v) is 6.57. The molecule has 0 saturated carbocycles. The van der Waals surface area contributed by atoms with Crippen molar-refractivity contribution in [2.24, 2.45) is 0 Å². The molecule has 2 aromatic heterocycles. The third kappa shape index (κ3) is 2.39. The van der Waals surface area contributed by atoms with Gasteiger partial charge in [0, 0.05) is 0 Å². The van der Waals surface area contributed by atoms with E-state index >= 15 is 0 Å². The van der Waals surface area contributed by atoms with Gasteiger partial charge in [0.15, 0.2) is 10.8 Å². The molecule has 0 saturated heterocycles. The van der Waals surface area contributed by atoms with Crippen LogP contribution >= 0.6 is 34.8 Å². The van der Waals surface area contributed by atoms with Crippen molar-refractivity contribution in [3.63, 3.8) is 0 Å². The summed E-state index contributed by atoms with van der Waals surface area (Å²) >= 11 is 17.9. The molecule has 0 unspecified atom stereocenters. The van der Waals surface area contributed by atoms with Crippen LogP contribution in [0.4, 0.5) is 0 Å². The van der Waals surface area contributed by atoms with Gasteiger partial charge < -0.3 is 0 Å². The van der Waals surface area contributed by atoms with E-state index in [4.69, 9.17) is 34.8 Å². The molecule has 0 N–H and O–H groups in total. The highest BCUT2D eigenvalue weighted by Gasteiger charge is 2.15. The first kappa shape index (κ1) is 12.7. The van der Waals surface area contributed by atoms with Gasteiger partial charge >= 0.3 is 0 Å². The molecule has 96 valence electrons. The van der Waals surface area contributed by atoms with E-state index in [0.717, 1.165) is 5.56 Å². The number of rotatable bonds is 2. The maximum atomic E-state index is 6.12. The molecule has 1 aromatic carbocycles. The van der Waals surface area contributed by atoms with Gasteiger partial charge in [0.25, 0.3) is 0 Å². The molecule has 0 radical (unpaired) electrons. The lowest BCUT2D eigenvalue weighted by molar-refractivity contribution is 0.814. The van der Waals surface area contributed by atoms with Gasteiger partial charge in [-0.25, -0.2) is 9.97 Å². The summed E-state index contributed by atoms with van der Waals surface area (Å²) < 4.78 is 1.74. The Labute approximate surface area is 124 Å². The Kier molecular flexibility index (Phi) is 3.31. The molecule has 3 aromatic rings. The fraction of sp³-hybridized carbons (Fsp3) is 0.0833. The molecule has 0 spiro atoms. The molecule has 19 heavy (non-hydrogen) atoms. The van der Waals surface area contributed by atoms with Crippen LogP contribution in [0.2, 0.25) is 15.7 Å². The summed E-state index contributed by atoms with van der Waals surface area (Å²) in [6.07, 6.45) is 0. The number of imidazole rings is 1. The first-order valence-electron chi connectivity index (χ1n) is 5.44. The average Bonchev–Trinajstić information content (AvgIpc) is 2.69. The van der Waals surface area contributed by atoms with Crippen LogP contribution in [0.1, 0.15) is 5.56 Å². The predicted octanol–water partition coefficient (Wildman–Crippen LogP) is 3.83. The standard InChI is InChI=1S/C12H7Cl3N4/c13-9-8-10(18-11(14)17-9)19(12(15)16-8)6-7-4-2-1-3-5-7/h1-5H,6H2. The van der Waals surface area contributed by atoms with Gasteiger partial charge in [-0.2, -0.15) is 4.98 Å².